The van der Waals surface area contributed by atoms with Crippen molar-refractivity contribution in [2.75, 3.05) is 0 Å². The number of halogens is 1. The lowest BCUT2D eigenvalue weighted by atomic mass is 10.1. The summed E-state index contributed by atoms with van der Waals surface area (Å²) in [6, 6.07) is 10.5. The summed E-state index contributed by atoms with van der Waals surface area (Å²) in [6.45, 7) is 4.24. The Kier molecular flexibility index (Phi) is 3.45. The minimum Gasteiger partial charge on any atom is -0.320 e. The number of alkyl halides is 1. The number of para-hydroxylation sites is 1. The molecule has 1 aromatic carbocycles. The second kappa shape index (κ2) is 5.25. The molecule has 3 aromatic rings. The molecule has 0 radical (unpaired) electrons. The summed E-state index contributed by atoms with van der Waals surface area (Å²) in [4.78, 5) is 8.77. The summed E-state index contributed by atoms with van der Waals surface area (Å²) < 4.78 is 2.21. The second-order valence-electron chi connectivity index (χ2n) is 4.93. The number of nitrogens with zero attached hydrogens (tertiary/aromatic N) is 3. The van der Waals surface area contributed by atoms with Crippen molar-refractivity contribution in [2.24, 2.45) is 0 Å². The number of pyridine rings is 1. The molecular formula is C16H16ClN3. The number of benzene rings is 1. The molecule has 2 aromatic heterocycles. The van der Waals surface area contributed by atoms with Crippen LogP contribution >= 0.6 is 11.6 Å². The van der Waals surface area contributed by atoms with Crippen LogP contribution in [0.5, 0.6) is 0 Å². The number of fused-ring (bicyclic) bond motifs is 1. The van der Waals surface area contributed by atoms with Gasteiger partial charge in [-0.1, -0.05) is 12.1 Å². The normalized spacial score (nSPS) is 12.8. The number of imidazole rings is 1. The van der Waals surface area contributed by atoms with Gasteiger partial charge in [-0.05, 0) is 43.2 Å². The van der Waals surface area contributed by atoms with Crippen LogP contribution in [-0.2, 0) is 5.88 Å². The molecule has 3 nitrogen and oxygen atoms in total. The second-order valence-corrected chi connectivity index (χ2v) is 5.20. The van der Waals surface area contributed by atoms with Gasteiger partial charge in [-0.25, -0.2) is 4.98 Å². The van der Waals surface area contributed by atoms with Gasteiger partial charge in [-0.15, -0.1) is 11.6 Å². The number of rotatable bonds is 3. The zero-order chi connectivity index (χ0) is 14.1. The SMILES string of the molecule is Cc1cccc2c1nc(CCl)n2C(C)c1ccncc1. The quantitative estimate of drug-likeness (QED) is 0.679. The molecule has 0 N–H and O–H groups in total. The van der Waals surface area contributed by atoms with Crippen LogP contribution < -0.4 is 0 Å². The fourth-order valence-corrected chi connectivity index (χ4v) is 2.81. The van der Waals surface area contributed by atoms with Crippen LogP contribution in [0.1, 0.15) is 29.9 Å². The number of aryl methyl sites for hydroxylation is 1. The molecule has 0 saturated carbocycles. The number of aromatic nitrogens is 3. The van der Waals surface area contributed by atoms with Crippen LogP contribution in [0.25, 0.3) is 11.0 Å². The molecule has 0 aliphatic carbocycles. The van der Waals surface area contributed by atoms with Crippen LogP contribution in [-0.4, -0.2) is 14.5 Å². The smallest absolute Gasteiger partial charge is 0.125 e. The number of hydrogen-bond donors (Lipinski definition) is 0. The van der Waals surface area contributed by atoms with E-state index in [9.17, 15) is 0 Å². The molecule has 0 saturated heterocycles. The average molecular weight is 286 g/mol. The van der Waals surface area contributed by atoms with Crippen LogP contribution in [0.2, 0.25) is 0 Å². The van der Waals surface area contributed by atoms with Gasteiger partial charge in [0.15, 0.2) is 0 Å². The third kappa shape index (κ3) is 2.08. The molecule has 0 aliphatic rings. The predicted octanol–water partition coefficient (Wildman–Crippen LogP) is 4.09. The van der Waals surface area contributed by atoms with Gasteiger partial charge >= 0.3 is 0 Å². The zero-order valence-electron chi connectivity index (χ0n) is 11.5. The lowest BCUT2D eigenvalue weighted by molar-refractivity contribution is 0.633. The molecule has 102 valence electrons. The highest BCUT2D eigenvalue weighted by molar-refractivity contribution is 6.16. The van der Waals surface area contributed by atoms with Gasteiger partial charge in [0.1, 0.15) is 5.82 Å². The standard InChI is InChI=1S/C16H16ClN3/c1-11-4-3-5-14-16(11)19-15(10-17)20(14)12(2)13-6-8-18-9-7-13/h3-9,12H,10H2,1-2H3. The van der Waals surface area contributed by atoms with Gasteiger partial charge < -0.3 is 4.57 Å². The third-order valence-corrected chi connectivity index (χ3v) is 3.93. The highest BCUT2D eigenvalue weighted by Gasteiger charge is 2.17. The van der Waals surface area contributed by atoms with Gasteiger partial charge in [-0.3, -0.25) is 4.98 Å². The molecule has 0 fully saturated rings. The molecule has 0 spiro atoms. The topological polar surface area (TPSA) is 30.7 Å². The molecule has 2 heterocycles. The first-order chi connectivity index (χ1) is 9.72. The summed E-state index contributed by atoms with van der Waals surface area (Å²) in [6.07, 6.45) is 3.63. The third-order valence-electron chi connectivity index (χ3n) is 3.69. The summed E-state index contributed by atoms with van der Waals surface area (Å²) >= 11 is 6.09. The summed E-state index contributed by atoms with van der Waals surface area (Å²) in [7, 11) is 0. The Hall–Kier alpha value is -1.87. The Balaban J connectivity index is 2.22. The maximum Gasteiger partial charge on any atom is 0.125 e. The van der Waals surface area contributed by atoms with E-state index < -0.39 is 0 Å². The molecule has 0 amide bonds. The van der Waals surface area contributed by atoms with Crippen LogP contribution in [0, 0.1) is 6.92 Å². The summed E-state index contributed by atoms with van der Waals surface area (Å²) in [5.74, 6) is 1.31. The molecule has 20 heavy (non-hydrogen) atoms. The summed E-state index contributed by atoms with van der Waals surface area (Å²) in [5.41, 5.74) is 4.54. The lowest BCUT2D eigenvalue weighted by Gasteiger charge is -2.17. The van der Waals surface area contributed by atoms with Crippen molar-refractivity contribution in [3.63, 3.8) is 0 Å². The van der Waals surface area contributed by atoms with Crippen molar-refractivity contribution >= 4 is 22.6 Å². The van der Waals surface area contributed by atoms with Crippen molar-refractivity contribution < 1.29 is 0 Å². The molecule has 0 bridgehead atoms. The van der Waals surface area contributed by atoms with Crippen LogP contribution in [0.4, 0.5) is 0 Å². The van der Waals surface area contributed by atoms with E-state index in [1.54, 1.807) is 0 Å². The van der Waals surface area contributed by atoms with E-state index in [2.05, 4.69) is 41.6 Å². The van der Waals surface area contributed by atoms with Gasteiger partial charge in [0, 0.05) is 12.4 Å². The van der Waals surface area contributed by atoms with Crippen LogP contribution in [0.3, 0.4) is 0 Å². The van der Waals surface area contributed by atoms with E-state index in [-0.39, 0.29) is 6.04 Å². The molecule has 3 rings (SSSR count). The van der Waals surface area contributed by atoms with Crippen molar-refractivity contribution in [1.82, 2.24) is 14.5 Å². The van der Waals surface area contributed by atoms with Crippen molar-refractivity contribution in [3.8, 4) is 0 Å². The highest BCUT2D eigenvalue weighted by Crippen LogP contribution is 2.27. The predicted molar refractivity (Wildman–Crippen MR) is 82.1 cm³/mol. The van der Waals surface area contributed by atoms with E-state index in [1.807, 2.05) is 24.5 Å². The van der Waals surface area contributed by atoms with E-state index in [1.165, 1.54) is 11.1 Å². The minimum absolute atomic E-state index is 0.179. The molecule has 0 aliphatic heterocycles. The molecule has 1 atom stereocenters. The first-order valence-electron chi connectivity index (χ1n) is 6.64. The monoisotopic (exact) mass is 285 g/mol. The Bertz CT molecular complexity index is 734. The Morgan fingerprint density at radius 2 is 1.95 bits per heavy atom. The van der Waals surface area contributed by atoms with E-state index in [0.717, 1.165) is 16.9 Å². The van der Waals surface area contributed by atoms with E-state index in [0.29, 0.717) is 5.88 Å². The van der Waals surface area contributed by atoms with Crippen LogP contribution in [0.15, 0.2) is 42.7 Å². The van der Waals surface area contributed by atoms with Crippen molar-refractivity contribution in [2.45, 2.75) is 25.8 Å². The molecular weight excluding hydrogens is 270 g/mol. The van der Waals surface area contributed by atoms with Gasteiger partial charge in [0.25, 0.3) is 0 Å². The largest absolute Gasteiger partial charge is 0.320 e. The minimum atomic E-state index is 0.179. The highest BCUT2D eigenvalue weighted by atomic mass is 35.5. The Labute approximate surface area is 123 Å². The van der Waals surface area contributed by atoms with E-state index >= 15 is 0 Å². The fraction of sp³-hybridized carbons (Fsp3) is 0.250. The maximum absolute atomic E-state index is 6.09. The Morgan fingerprint density at radius 1 is 1.20 bits per heavy atom. The first-order valence-corrected chi connectivity index (χ1v) is 7.18. The maximum atomic E-state index is 6.09. The number of hydrogen-bond acceptors (Lipinski definition) is 2. The van der Waals surface area contributed by atoms with Crippen molar-refractivity contribution in [3.05, 3.63) is 59.7 Å². The Morgan fingerprint density at radius 3 is 2.65 bits per heavy atom. The lowest BCUT2D eigenvalue weighted by Crippen LogP contribution is -2.09. The fourth-order valence-electron chi connectivity index (χ4n) is 2.62. The van der Waals surface area contributed by atoms with E-state index in [4.69, 9.17) is 16.6 Å². The summed E-state index contributed by atoms with van der Waals surface area (Å²) in [5, 5.41) is 0. The molecule has 1 unspecified atom stereocenters. The van der Waals surface area contributed by atoms with Gasteiger partial charge in [-0.2, -0.15) is 0 Å². The zero-order valence-corrected chi connectivity index (χ0v) is 12.3. The van der Waals surface area contributed by atoms with Gasteiger partial charge in [0.2, 0.25) is 0 Å². The molecule has 4 heteroatoms. The van der Waals surface area contributed by atoms with Gasteiger partial charge in [0.05, 0.1) is 23.0 Å². The first kappa shape index (κ1) is 13.1. The average Bonchev–Trinajstić information content (AvgIpc) is 2.87. The van der Waals surface area contributed by atoms with Crippen molar-refractivity contribution in [1.29, 1.82) is 0 Å².